The van der Waals surface area contributed by atoms with Gasteiger partial charge < -0.3 is 4.74 Å². The third-order valence-corrected chi connectivity index (χ3v) is 3.62. The van der Waals surface area contributed by atoms with E-state index in [1.54, 1.807) is 0 Å². The molecular formula is C16H17NO. The van der Waals surface area contributed by atoms with Crippen LogP contribution < -0.4 is 0 Å². The third-order valence-electron chi connectivity index (χ3n) is 3.62. The van der Waals surface area contributed by atoms with Gasteiger partial charge in [0.1, 0.15) is 0 Å². The van der Waals surface area contributed by atoms with Crippen LogP contribution in [0, 0.1) is 0 Å². The predicted octanol–water partition coefficient (Wildman–Crippen LogP) is 3.64. The summed E-state index contributed by atoms with van der Waals surface area (Å²) in [7, 11) is 0. The van der Waals surface area contributed by atoms with Crippen LogP contribution in [0.3, 0.4) is 0 Å². The van der Waals surface area contributed by atoms with Crippen molar-refractivity contribution in [2.45, 2.75) is 18.8 Å². The normalized spacial score (nSPS) is 16.7. The smallest absolute Gasteiger partial charge is 0.0471 e. The zero-order chi connectivity index (χ0) is 12.2. The van der Waals surface area contributed by atoms with E-state index in [1.165, 1.54) is 16.7 Å². The molecule has 3 rings (SSSR count). The second kappa shape index (κ2) is 5.32. The van der Waals surface area contributed by atoms with E-state index in [2.05, 4.69) is 29.2 Å². The summed E-state index contributed by atoms with van der Waals surface area (Å²) in [6, 6.07) is 13.0. The molecule has 1 aliphatic rings. The Hall–Kier alpha value is -1.67. The monoisotopic (exact) mass is 239 g/mol. The fourth-order valence-electron chi connectivity index (χ4n) is 2.52. The molecule has 0 N–H and O–H groups in total. The number of aromatic nitrogens is 1. The fraction of sp³-hybridized carbons (Fsp3) is 0.312. The lowest BCUT2D eigenvalue weighted by Gasteiger charge is -2.22. The van der Waals surface area contributed by atoms with Gasteiger partial charge in [-0.2, -0.15) is 0 Å². The largest absolute Gasteiger partial charge is 0.381 e. The maximum absolute atomic E-state index is 5.41. The van der Waals surface area contributed by atoms with E-state index in [4.69, 9.17) is 4.74 Å². The number of pyridine rings is 1. The van der Waals surface area contributed by atoms with Crippen molar-refractivity contribution in [1.29, 1.82) is 0 Å². The molecule has 1 aromatic carbocycles. The topological polar surface area (TPSA) is 22.1 Å². The minimum Gasteiger partial charge on any atom is -0.381 e. The van der Waals surface area contributed by atoms with Crippen molar-refractivity contribution in [3.8, 4) is 11.1 Å². The molecule has 0 amide bonds. The molecule has 1 aliphatic heterocycles. The zero-order valence-electron chi connectivity index (χ0n) is 10.4. The highest BCUT2D eigenvalue weighted by atomic mass is 16.5. The number of hydrogen-bond donors (Lipinski definition) is 0. The standard InChI is InChI=1S/C16H17NO/c1-3-14(16-7-11-18-12-8-16)4-2-13(1)15-5-9-17-10-6-15/h1-6,9-10,16H,7-8,11-12H2. The second-order valence-corrected chi connectivity index (χ2v) is 4.74. The Bertz CT molecular complexity index is 486. The summed E-state index contributed by atoms with van der Waals surface area (Å²) in [5.41, 5.74) is 3.92. The van der Waals surface area contributed by atoms with Crippen LogP contribution in [0.15, 0.2) is 48.8 Å². The Labute approximate surface area is 108 Å². The number of benzene rings is 1. The van der Waals surface area contributed by atoms with E-state index in [1.807, 2.05) is 24.5 Å². The van der Waals surface area contributed by atoms with Crippen molar-refractivity contribution in [3.63, 3.8) is 0 Å². The van der Waals surface area contributed by atoms with Crippen molar-refractivity contribution < 1.29 is 4.74 Å². The minimum atomic E-state index is 0.672. The maximum Gasteiger partial charge on any atom is 0.0471 e. The highest BCUT2D eigenvalue weighted by molar-refractivity contribution is 5.63. The molecule has 1 aromatic heterocycles. The molecule has 0 bridgehead atoms. The first kappa shape index (κ1) is 11.4. The number of nitrogens with zero attached hydrogens (tertiary/aromatic N) is 1. The van der Waals surface area contributed by atoms with Crippen LogP contribution in [-0.4, -0.2) is 18.2 Å². The van der Waals surface area contributed by atoms with E-state index in [0.717, 1.165) is 26.1 Å². The molecular weight excluding hydrogens is 222 g/mol. The molecule has 2 nitrogen and oxygen atoms in total. The summed E-state index contributed by atoms with van der Waals surface area (Å²) in [4.78, 5) is 4.05. The Balaban J connectivity index is 1.80. The van der Waals surface area contributed by atoms with Crippen LogP contribution in [0.25, 0.3) is 11.1 Å². The summed E-state index contributed by atoms with van der Waals surface area (Å²) in [6.45, 7) is 1.80. The van der Waals surface area contributed by atoms with Gasteiger partial charge in [-0.1, -0.05) is 24.3 Å². The lowest BCUT2D eigenvalue weighted by atomic mass is 9.90. The molecule has 0 atom stereocenters. The van der Waals surface area contributed by atoms with E-state index < -0.39 is 0 Å². The average molecular weight is 239 g/mol. The van der Waals surface area contributed by atoms with Crippen LogP contribution in [0.1, 0.15) is 24.3 Å². The first-order valence-corrected chi connectivity index (χ1v) is 6.51. The van der Waals surface area contributed by atoms with E-state index in [0.29, 0.717) is 5.92 Å². The highest BCUT2D eigenvalue weighted by Crippen LogP contribution is 2.28. The summed E-state index contributed by atoms with van der Waals surface area (Å²) in [6.07, 6.45) is 5.96. The molecule has 1 saturated heterocycles. The van der Waals surface area contributed by atoms with Gasteiger partial charge in [-0.3, -0.25) is 4.98 Å². The van der Waals surface area contributed by atoms with Gasteiger partial charge in [-0.25, -0.2) is 0 Å². The molecule has 0 unspecified atom stereocenters. The van der Waals surface area contributed by atoms with Gasteiger partial charge >= 0.3 is 0 Å². The van der Waals surface area contributed by atoms with Crippen LogP contribution in [0.2, 0.25) is 0 Å². The van der Waals surface area contributed by atoms with E-state index in [-0.39, 0.29) is 0 Å². The molecule has 2 aromatic rings. The van der Waals surface area contributed by atoms with Crippen molar-refractivity contribution >= 4 is 0 Å². The minimum absolute atomic E-state index is 0.672. The Morgan fingerprint density at radius 3 is 2.11 bits per heavy atom. The van der Waals surface area contributed by atoms with Gasteiger partial charge in [0.2, 0.25) is 0 Å². The molecule has 1 fully saturated rings. The lowest BCUT2D eigenvalue weighted by Crippen LogP contribution is -2.13. The van der Waals surface area contributed by atoms with Crippen molar-refractivity contribution in [2.75, 3.05) is 13.2 Å². The number of ether oxygens (including phenoxy) is 1. The molecule has 0 aliphatic carbocycles. The number of hydrogen-bond acceptors (Lipinski definition) is 2. The van der Waals surface area contributed by atoms with E-state index >= 15 is 0 Å². The average Bonchev–Trinajstić information content (AvgIpc) is 2.49. The maximum atomic E-state index is 5.41. The summed E-state index contributed by atoms with van der Waals surface area (Å²) in [5, 5.41) is 0. The van der Waals surface area contributed by atoms with Crippen molar-refractivity contribution in [2.24, 2.45) is 0 Å². The Morgan fingerprint density at radius 2 is 1.44 bits per heavy atom. The molecule has 0 spiro atoms. The van der Waals surface area contributed by atoms with Gasteiger partial charge in [-0.05, 0) is 47.6 Å². The van der Waals surface area contributed by atoms with Crippen LogP contribution in [0.5, 0.6) is 0 Å². The molecule has 0 saturated carbocycles. The summed E-state index contributed by atoms with van der Waals surface area (Å²) < 4.78 is 5.41. The van der Waals surface area contributed by atoms with Crippen molar-refractivity contribution in [1.82, 2.24) is 4.98 Å². The third kappa shape index (κ3) is 2.44. The van der Waals surface area contributed by atoms with Gasteiger partial charge in [0.05, 0.1) is 0 Å². The molecule has 0 radical (unpaired) electrons. The van der Waals surface area contributed by atoms with Gasteiger partial charge in [0, 0.05) is 25.6 Å². The zero-order valence-corrected chi connectivity index (χ0v) is 10.4. The number of rotatable bonds is 2. The first-order valence-electron chi connectivity index (χ1n) is 6.51. The van der Waals surface area contributed by atoms with Crippen LogP contribution in [0.4, 0.5) is 0 Å². The van der Waals surface area contributed by atoms with Gasteiger partial charge in [0.25, 0.3) is 0 Å². The first-order chi connectivity index (χ1) is 8.93. The SMILES string of the molecule is c1cc(-c2ccc(C3CCOCC3)cc2)ccn1. The second-order valence-electron chi connectivity index (χ2n) is 4.74. The highest BCUT2D eigenvalue weighted by Gasteiger charge is 2.15. The molecule has 18 heavy (non-hydrogen) atoms. The van der Waals surface area contributed by atoms with Crippen LogP contribution >= 0.6 is 0 Å². The Morgan fingerprint density at radius 1 is 0.833 bits per heavy atom. The molecule has 2 heteroatoms. The molecule has 2 heterocycles. The van der Waals surface area contributed by atoms with Crippen molar-refractivity contribution in [3.05, 3.63) is 54.4 Å². The predicted molar refractivity (Wildman–Crippen MR) is 72.5 cm³/mol. The Kier molecular flexibility index (Phi) is 3.37. The fourth-order valence-corrected chi connectivity index (χ4v) is 2.52. The van der Waals surface area contributed by atoms with Crippen LogP contribution in [-0.2, 0) is 4.74 Å². The summed E-state index contributed by atoms with van der Waals surface area (Å²) >= 11 is 0. The molecule has 92 valence electrons. The quantitative estimate of drug-likeness (QED) is 0.798. The van der Waals surface area contributed by atoms with E-state index in [9.17, 15) is 0 Å². The summed E-state index contributed by atoms with van der Waals surface area (Å²) in [5.74, 6) is 0.672. The van der Waals surface area contributed by atoms with Gasteiger partial charge in [-0.15, -0.1) is 0 Å². The lowest BCUT2D eigenvalue weighted by molar-refractivity contribution is 0.0853. The van der Waals surface area contributed by atoms with Gasteiger partial charge in [0.15, 0.2) is 0 Å².